The van der Waals surface area contributed by atoms with E-state index in [2.05, 4.69) is 4.72 Å². The third kappa shape index (κ3) is 3.86. The van der Waals surface area contributed by atoms with Gasteiger partial charge in [-0.25, -0.2) is 13.1 Å². The number of alkyl halides is 1. The molecule has 1 N–H and O–H groups in total. The van der Waals surface area contributed by atoms with E-state index in [1.165, 1.54) is 10.8 Å². The maximum Gasteiger partial charge on any atom is 0.242 e. The Balaban J connectivity index is 3.11. The third-order valence-corrected chi connectivity index (χ3v) is 4.67. The molecular formula is C11H16FNO3S2. The number of hydrogen-bond acceptors (Lipinski definition) is 4. The topological polar surface area (TPSA) is 63.2 Å². The minimum Gasteiger partial charge on any atom is -0.294 e. The van der Waals surface area contributed by atoms with E-state index in [4.69, 9.17) is 0 Å². The number of thiophene rings is 1. The number of hydrogen-bond donors (Lipinski definition) is 1. The first-order valence-corrected chi connectivity index (χ1v) is 7.79. The monoisotopic (exact) mass is 293 g/mol. The van der Waals surface area contributed by atoms with E-state index < -0.39 is 28.0 Å². The highest BCUT2D eigenvalue weighted by Gasteiger charge is 2.27. The van der Waals surface area contributed by atoms with Gasteiger partial charge < -0.3 is 0 Å². The van der Waals surface area contributed by atoms with Crippen molar-refractivity contribution < 1.29 is 17.6 Å². The maximum absolute atomic E-state index is 12.2. The SMILES string of the molecule is CC(C)(C)NS(=O)(=O)c1cscc1C(=O)CCF. The number of carbonyl (C=O) groups excluding carboxylic acids is 1. The van der Waals surface area contributed by atoms with Gasteiger partial charge in [0.15, 0.2) is 5.78 Å². The fourth-order valence-electron chi connectivity index (χ4n) is 1.38. The Morgan fingerprint density at radius 2 is 2.00 bits per heavy atom. The smallest absolute Gasteiger partial charge is 0.242 e. The van der Waals surface area contributed by atoms with Gasteiger partial charge in [-0.15, -0.1) is 0 Å². The van der Waals surface area contributed by atoms with Crippen LogP contribution in [0.1, 0.15) is 37.6 Å². The molecule has 0 fully saturated rings. The molecule has 0 unspecified atom stereocenters. The highest BCUT2D eigenvalue weighted by molar-refractivity contribution is 7.89. The number of carbonyl (C=O) groups is 1. The number of ketones is 1. The third-order valence-electron chi connectivity index (χ3n) is 1.98. The number of sulfonamides is 1. The zero-order valence-corrected chi connectivity index (χ0v) is 12.1. The summed E-state index contributed by atoms with van der Waals surface area (Å²) in [4.78, 5) is 11.5. The zero-order valence-electron chi connectivity index (χ0n) is 10.5. The molecule has 0 amide bonds. The van der Waals surface area contributed by atoms with Crippen LogP contribution in [0.25, 0.3) is 0 Å². The van der Waals surface area contributed by atoms with Gasteiger partial charge in [0.05, 0.1) is 6.67 Å². The molecule has 4 nitrogen and oxygen atoms in total. The summed E-state index contributed by atoms with van der Waals surface area (Å²) in [5.41, 5.74) is -0.573. The lowest BCUT2D eigenvalue weighted by Gasteiger charge is -2.20. The summed E-state index contributed by atoms with van der Waals surface area (Å²) < 4.78 is 38.8. The van der Waals surface area contributed by atoms with Crippen molar-refractivity contribution >= 4 is 27.1 Å². The molecule has 0 saturated heterocycles. The molecule has 0 bridgehead atoms. The normalized spacial score (nSPS) is 12.7. The number of nitrogens with one attached hydrogen (secondary N) is 1. The van der Waals surface area contributed by atoms with E-state index >= 15 is 0 Å². The Hall–Kier alpha value is -0.790. The van der Waals surface area contributed by atoms with Gasteiger partial charge >= 0.3 is 0 Å². The van der Waals surface area contributed by atoms with Gasteiger partial charge in [0.1, 0.15) is 4.90 Å². The quantitative estimate of drug-likeness (QED) is 0.848. The van der Waals surface area contributed by atoms with Crippen molar-refractivity contribution in [2.75, 3.05) is 6.67 Å². The molecule has 1 aromatic rings. The van der Waals surface area contributed by atoms with Crippen LogP contribution in [0.2, 0.25) is 0 Å². The predicted octanol–water partition coefficient (Wildman–Crippen LogP) is 2.37. The molecule has 18 heavy (non-hydrogen) atoms. The van der Waals surface area contributed by atoms with Gasteiger partial charge in [0, 0.05) is 28.3 Å². The number of Topliss-reactive ketones (excluding diaryl/α,β-unsaturated/α-hetero) is 1. The van der Waals surface area contributed by atoms with Crippen LogP contribution in [0, 0.1) is 0 Å². The first kappa shape index (κ1) is 15.3. The van der Waals surface area contributed by atoms with Crippen LogP contribution >= 0.6 is 11.3 Å². The number of halogens is 1. The first-order chi connectivity index (χ1) is 8.17. The second-order valence-corrected chi connectivity index (χ2v) is 7.26. The number of rotatable bonds is 5. The molecule has 0 aliphatic rings. The minimum atomic E-state index is -3.75. The van der Waals surface area contributed by atoms with Crippen molar-refractivity contribution in [3.8, 4) is 0 Å². The van der Waals surface area contributed by atoms with Crippen molar-refractivity contribution in [3.63, 3.8) is 0 Å². The lowest BCUT2D eigenvalue weighted by Crippen LogP contribution is -2.40. The summed E-state index contributed by atoms with van der Waals surface area (Å²) in [5, 5.41) is 2.83. The van der Waals surface area contributed by atoms with Crippen molar-refractivity contribution in [1.29, 1.82) is 0 Å². The molecule has 0 aliphatic carbocycles. The minimum absolute atomic E-state index is 0.0643. The van der Waals surface area contributed by atoms with Gasteiger partial charge in [0.2, 0.25) is 10.0 Å². The summed E-state index contributed by atoms with van der Waals surface area (Å²) in [7, 11) is -3.75. The summed E-state index contributed by atoms with van der Waals surface area (Å²) in [6.45, 7) is 4.33. The van der Waals surface area contributed by atoms with Crippen LogP contribution < -0.4 is 4.72 Å². The molecule has 0 aromatic carbocycles. The average molecular weight is 293 g/mol. The Bertz CT molecular complexity index is 529. The van der Waals surface area contributed by atoms with E-state index in [1.54, 1.807) is 20.8 Å². The molecule has 0 radical (unpaired) electrons. The Morgan fingerprint density at radius 3 is 2.50 bits per heavy atom. The second kappa shape index (κ2) is 5.46. The second-order valence-electron chi connectivity index (χ2n) is 4.87. The van der Waals surface area contributed by atoms with Gasteiger partial charge in [0.25, 0.3) is 0 Å². The molecule has 0 atom stereocenters. The van der Waals surface area contributed by atoms with E-state index in [0.717, 1.165) is 11.3 Å². The first-order valence-electron chi connectivity index (χ1n) is 5.37. The van der Waals surface area contributed by atoms with Gasteiger partial charge in [-0.3, -0.25) is 9.18 Å². The molecule has 1 heterocycles. The molecule has 0 saturated carbocycles. The lowest BCUT2D eigenvalue weighted by atomic mass is 10.1. The van der Waals surface area contributed by atoms with Crippen LogP contribution in [0.15, 0.2) is 15.7 Å². The lowest BCUT2D eigenvalue weighted by molar-refractivity contribution is 0.0971. The Labute approximate surface area is 110 Å². The van der Waals surface area contributed by atoms with E-state index in [1.807, 2.05) is 0 Å². The zero-order chi connectivity index (χ0) is 14.0. The largest absolute Gasteiger partial charge is 0.294 e. The van der Waals surface area contributed by atoms with E-state index in [-0.39, 0.29) is 16.9 Å². The van der Waals surface area contributed by atoms with E-state index in [0.29, 0.717) is 0 Å². The molecular weight excluding hydrogens is 277 g/mol. The Morgan fingerprint density at radius 1 is 1.39 bits per heavy atom. The van der Waals surface area contributed by atoms with Gasteiger partial charge in [-0.05, 0) is 20.8 Å². The fraction of sp³-hybridized carbons (Fsp3) is 0.545. The van der Waals surface area contributed by atoms with Gasteiger partial charge in [-0.2, -0.15) is 11.3 Å². The van der Waals surface area contributed by atoms with Crippen molar-refractivity contribution in [2.45, 2.75) is 37.6 Å². The van der Waals surface area contributed by atoms with Crippen LogP contribution in [0.5, 0.6) is 0 Å². The summed E-state index contributed by atoms with van der Waals surface area (Å²) >= 11 is 1.11. The van der Waals surface area contributed by atoms with Crippen LogP contribution in [0.4, 0.5) is 4.39 Å². The molecule has 0 spiro atoms. The molecule has 7 heteroatoms. The standard InChI is InChI=1S/C11H16FNO3S2/c1-11(2,3)13-18(15,16)10-7-17-6-8(10)9(14)4-5-12/h6-7,13H,4-5H2,1-3H3. The van der Waals surface area contributed by atoms with Gasteiger partial charge in [-0.1, -0.05) is 0 Å². The molecule has 0 aliphatic heterocycles. The highest BCUT2D eigenvalue weighted by atomic mass is 32.2. The summed E-state index contributed by atoms with van der Waals surface area (Å²) in [6, 6.07) is 0. The summed E-state index contributed by atoms with van der Waals surface area (Å²) in [6.07, 6.45) is -0.297. The molecule has 1 aromatic heterocycles. The summed E-state index contributed by atoms with van der Waals surface area (Å²) in [5.74, 6) is -0.493. The van der Waals surface area contributed by atoms with Crippen LogP contribution in [-0.2, 0) is 10.0 Å². The van der Waals surface area contributed by atoms with Crippen molar-refractivity contribution in [2.24, 2.45) is 0 Å². The average Bonchev–Trinajstić information content (AvgIpc) is 2.62. The highest BCUT2D eigenvalue weighted by Crippen LogP contribution is 2.23. The maximum atomic E-state index is 12.2. The molecule has 102 valence electrons. The Kier molecular flexibility index (Phi) is 4.63. The van der Waals surface area contributed by atoms with Crippen molar-refractivity contribution in [1.82, 2.24) is 4.72 Å². The predicted molar refractivity (Wildman–Crippen MR) is 69.3 cm³/mol. The van der Waals surface area contributed by atoms with Crippen LogP contribution in [-0.4, -0.2) is 26.4 Å². The fourth-order valence-corrected chi connectivity index (χ4v) is 4.21. The van der Waals surface area contributed by atoms with E-state index in [9.17, 15) is 17.6 Å². The van der Waals surface area contributed by atoms with Crippen LogP contribution in [0.3, 0.4) is 0 Å². The van der Waals surface area contributed by atoms with Crippen molar-refractivity contribution in [3.05, 3.63) is 16.3 Å². The molecule has 1 rings (SSSR count).